The number of benzene rings is 1. The van der Waals surface area contributed by atoms with Crippen LogP contribution in [0.25, 0.3) is 0 Å². The minimum Gasteiger partial charge on any atom is -0.352 e. The van der Waals surface area contributed by atoms with Crippen molar-refractivity contribution in [3.8, 4) is 0 Å². The Morgan fingerprint density at radius 3 is 2.42 bits per heavy atom. The van der Waals surface area contributed by atoms with Crippen LogP contribution in [0.3, 0.4) is 0 Å². The van der Waals surface area contributed by atoms with Gasteiger partial charge in [0.2, 0.25) is 11.8 Å². The Labute approximate surface area is 156 Å². The van der Waals surface area contributed by atoms with E-state index >= 15 is 0 Å². The standard InChI is InChI=1S/C21H31N3O2/c1-3-15(2)21(26)22-13-20(25)23-17-11-18-9-10-19(12-17)24(18)14-16-7-5-4-6-8-16/h4-8,15,17-19H,3,9-14H2,1-2H3,(H,22,26)(H,23,25). The lowest BCUT2D eigenvalue weighted by molar-refractivity contribution is -0.128. The monoisotopic (exact) mass is 357 g/mol. The third-order valence-electron chi connectivity index (χ3n) is 5.94. The van der Waals surface area contributed by atoms with Crippen molar-refractivity contribution in [2.45, 2.75) is 70.6 Å². The maximum absolute atomic E-state index is 12.2. The Morgan fingerprint density at radius 1 is 1.15 bits per heavy atom. The summed E-state index contributed by atoms with van der Waals surface area (Å²) in [5, 5.41) is 5.88. The fourth-order valence-electron chi connectivity index (χ4n) is 4.25. The molecule has 5 heteroatoms. The van der Waals surface area contributed by atoms with Gasteiger partial charge in [-0.2, -0.15) is 0 Å². The number of piperidine rings is 1. The number of hydrogen-bond acceptors (Lipinski definition) is 3. The van der Waals surface area contributed by atoms with E-state index in [-0.39, 0.29) is 30.3 Å². The van der Waals surface area contributed by atoms with Gasteiger partial charge in [0.15, 0.2) is 0 Å². The van der Waals surface area contributed by atoms with Crippen LogP contribution in [0.2, 0.25) is 0 Å². The van der Waals surface area contributed by atoms with Crippen LogP contribution in [0.1, 0.15) is 51.5 Å². The van der Waals surface area contributed by atoms with Crippen LogP contribution in [-0.4, -0.2) is 41.4 Å². The zero-order valence-electron chi connectivity index (χ0n) is 15.9. The number of amides is 2. The molecule has 2 heterocycles. The van der Waals surface area contributed by atoms with Gasteiger partial charge in [0.05, 0.1) is 6.54 Å². The molecule has 2 aliphatic heterocycles. The number of fused-ring (bicyclic) bond motifs is 2. The summed E-state index contributed by atoms with van der Waals surface area (Å²) >= 11 is 0. The Kier molecular flexibility index (Phi) is 6.30. The first-order valence-corrected chi connectivity index (χ1v) is 9.93. The molecule has 0 aliphatic carbocycles. The molecule has 2 amide bonds. The van der Waals surface area contributed by atoms with Crippen molar-refractivity contribution in [2.24, 2.45) is 5.92 Å². The van der Waals surface area contributed by atoms with Gasteiger partial charge in [-0.25, -0.2) is 0 Å². The number of rotatable bonds is 7. The molecule has 0 aromatic heterocycles. The van der Waals surface area contributed by atoms with E-state index in [9.17, 15) is 9.59 Å². The summed E-state index contributed by atoms with van der Waals surface area (Å²) in [5.41, 5.74) is 1.36. The SMILES string of the molecule is CCC(C)C(=O)NCC(=O)NC1CC2CCC(C1)N2Cc1ccccc1. The Hall–Kier alpha value is -1.88. The summed E-state index contributed by atoms with van der Waals surface area (Å²) in [4.78, 5) is 26.6. The third kappa shape index (κ3) is 4.64. The highest BCUT2D eigenvalue weighted by Gasteiger charge is 2.40. The Balaban J connectivity index is 1.46. The zero-order chi connectivity index (χ0) is 18.5. The molecule has 2 saturated heterocycles. The molecule has 2 bridgehead atoms. The summed E-state index contributed by atoms with van der Waals surface area (Å²) in [6, 6.07) is 12.0. The minimum atomic E-state index is -0.0671. The lowest BCUT2D eigenvalue weighted by Crippen LogP contribution is -2.51. The van der Waals surface area contributed by atoms with Crippen LogP contribution in [0.15, 0.2) is 30.3 Å². The van der Waals surface area contributed by atoms with Crippen LogP contribution >= 0.6 is 0 Å². The molecule has 2 N–H and O–H groups in total. The highest BCUT2D eigenvalue weighted by molar-refractivity contribution is 5.85. The van der Waals surface area contributed by atoms with Gasteiger partial charge in [0, 0.05) is 30.6 Å². The number of hydrogen-bond donors (Lipinski definition) is 2. The first kappa shape index (κ1) is 18.9. The molecule has 0 radical (unpaired) electrons. The zero-order valence-corrected chi connectivity index (χ0v) is 15.9. The normalized spacial score (nSPS) is 26.3. The molecule has 26 heavy (non-hydrogen) atoms. The Bertz CT molecular complexity index is 605. The molecular weight excluding hydrogens is 326 g/mol. The summed E-state index contributed by atoms with van der Waals surface area (Å²) in [7, 11) is 0. The maximum Gasteiger partial charge on any atom is 0.239 e. The first-order valence-electron chi connectivity index (χ1n) is 9.93. The number of carbonyl (C=O) groups excluding carboxylic acids is 2. The number of nitrogens with one attached hydrogen (secondary N) is 2. The summed E-state index contributed by atoms with van der Waals surface area (Å²) in [6.45, 7) is 4.95. The predicted molar refractivity (Wildman–Crippen MR) is 102 cm³/mol. The maximum atomic E-state index is 12.2. The molecule has 3 unspecified atom stereocenters. The summed E-state index contributed by atoms with van der Waals surface area (Å²) in [6.07, 6.45) is 5.24. The van der Waals surface area contributed by atoms with Gasteiger partial charge in [0.1, 0.15) is 0 Å². The van der Waals surface area contributed by atoms with Crippen molar-refractivity contribution in [1.29, 1.82) is 0 Å². The van der Waals surface area contributed by atoms with Crippen LogP contribution in [0.4, 0.5) is 0 Å². The highest BCUT2D eigenvalue weighted by Crippen LogP contribution is 2.36. The van der Waals surface area contributed by atoms with Crippen LogP contribution in [0.5, 0.6) is 0 Å². The van der Waals surface area contributed by atoms with E-state index in [0.717, 1.165) is 25.8 Å². The molecule has 2 aliphatic rings. The average molecular weight is 357 g/mol. The second kappa shape index (κ2) is 8.67. The fourth-order valence-corrected chi connectivity index (χ4v) is 4.25. The molecule has 142 valence electrons. The van der Waals surface area contributed by atoms with E-state index in [2.05, 4.69) is 45.9 Å². The van der Waals surface area contributed by atoms with Gasteiger partial charge >= 0.3 is 0 Å². The van der Waals surface area contributed by atoms with Crippen LogP contribution in [0, 0.1) is 5.92 Å². The van der Waals surface area contributed by atoms with E-state index < -0.39 is 0 Å². The van der Waals surface area contributed by atoms with Gasteiger partial charge < -0.3 is 10.6 Å². The smallest absolute Gasteiger partial charge is 0.239 e. The van der Waals surface area contributed by atoms with Crippen molar-refractivity contribution in [2.75, 3.05) is 6.54 Å². The van der Waals surface area contributed by atoms with Crippen LogP contribution in [-0.2, 0) is 16.1 Å². The molecule has 0 spiro atoms. The topological polar surface area (TPSA) is 61.4 Å². The van der Waals surface area contributed by atoms with E-state index in [1.165, 1.54) is 18.4 Å². The second-order valence-electron chi connectivity index (χ2n) is 7.81. The van der Waals surface area contributed by atoms with Crippen molar-refractivity contribution in [3.05, 3.63) is 35.9 Å². The van der Waals surface area contributed by atoms with Gasteiger partial charge in [-0.15, -0.1) is 0 Å². The number of carbonyl (C=O) groups is 2. The molecule has 5 nitrogen and oxygen atoms in total. The molecular formula is C21H31N3O2. The van der Waals surface area contributed by atoms with Gasteiger partial charge in [-0.05, 0) is 37.7 Å². The van der Waals surface area contributed by atoms with Gasteiger partial charge in [-0.3, -0.25) is 14.5 Å². The molecule has 0 saturated carbocycles. The lowest BCUT2D eigenvalue weighted by atomic mass is 9.96. The van der Waals surface area contributed by atoms with E-state index in [1.54, 1.807) is 0 Å². The first-order chi connectivity index (χ1) is 12.6. The molecule has 2 fully saturated rings. The third-order valence-corrected chi connectivity index (χ3v) is 5.94. The average Bonchev–Trinajstić information content (AvgIpc) is 2.88. The van der Waals surface area contributed by atoms with Gasteiger partial charge in [0.25, 0.3) is 0 Å². The molecule has 1 aromatic carbocycles. The quantitative estimate of drug-likeness (QED) is 0.788. The minimum absolute atomic E-state index is 0.0413. The largest absolute Gasteiger partial charge is 0.352 e. The van der Waals surface area contributed by atoms with Crippen molar-refractivity contribution in [1.82, 2.24) is 15.5 Å². The van der Waals surface area contributed by atoms with Gasteiger partial charge in [-0.1, -0.05) is 44.2 Å². The second-order valence-corrected chi connectivity index (χ2v) is 7.81. The lowest BCUT2D eigenvalue weighted by Gasteiger charge is -2.39. The van der Waals surface area contributed by atoms with Crippen LogP contribution < -0.4 is 10.6 Å². The predicted octanol–water partition coefficient (Wildman–Crippen LogP) is 2.46. The fraction of sp³-hybridized carbons (Fsp3) is 0.619. The Morgan fingerprint density at radius 2 is 1.81 bits per heavy atom. The van der Waals surface area contributed by atoms with E-state index in [1.807, 2.05) is 13.8 Å². The molecule has 1 aromatic rings. The molecule has 3 atom stereocenters. The van der Waals surface area contributed by atoms with Crippen molar-refractivity contribution < 1.29 is 9.59 Å². The van der Waals surface area contributed by atoms with Crippen molar-refractivity contribution >= 4 is 11.8 Å². The van der Waals surface area contributed by atoms with Crippen molar-refractivity contribution in [3.63, 3.8) is 0 Å². The van der Waals surface area contributed by atoms with E-state index in [0.29, 0.717) is 12.1 Å². The summed E-state index contributed by atoms with van der Waals surface area (Å²) in [5.74, 6) is -0.150. The molecule has 3 rings (SSSR count). The van der Waals surface area contributed by atoms with E-state index in [4.69, 9.17) is 0 Å². The summed E-state index contributed by atoms with van der Waals surface area (Å²) < 4.78 is 0. The highest BCUT2D eigenvalue weighted by atomic mass is 16.2. The number of nitrogens with zero attached hydrogens (tertiary/aromatic N) is 1.